The first-order valence-corrected chi connectivity index (χ1v) is 12.5. The second kappa shape index (κ2) is 13.9. The number of halogens is 8. The molecule has 3 nitrogen and oxygen atoms in total. The predicted octanol–water partition coefficient (Wildman–Crippen LogP) is 8.47. The summed E-state index contributed by atoms with van der Waals surface area (Å²) < 4.78 is 118. The highest BCUT2D eigenvalue weighted by atomic mass is 32.2. The average molecular weight is 581 g/mol. The van der Waals surface area contributed by atoms with Crippen LogP contribution in [0.15, 0.2) is 47.4 Å². The third-order valence-electron chi connectivity index (χ3n) is 5.60. The molecule has 1 heterocycles. The maximum Gasteiger partial charge on any atom is 0.416 e. The zero-order valence-corrected chi connectivity index (χ0v) is 21.5. The molecule has 3 aromatic carbocycles. The Balaban J connectivity index is 0.000000231. The van der Waals surface area contributed by atoms with Crippen LogP contribution >= 0.6 is 12.0 Å². The maximum atomic E-state index is 13.5. The van der Waals surface area contributed by atoms with E-state index in [0.717, 1.165) is 42.9 Å². The van der Waals surface area contributed by atoms with Gasteiger partial charge < -0.3 is 13.7 Å². The van der Waals surface area contributed by atoms with Crippen LogP contribution in [0.5, 0.6) is 11.5 Å². The Morgan fingerprint density at radius 2 is 1.56 bits per heavy atom. The Labute approximate surface area is 224 Å². The van der Waals surface area contributed by atoms with Crippen molar-refractivity contribution in [1.82, 2.24) is 0 Å². The summed E-state index contributed by atoms with van der Waals surface area (Å²) in [5.41, 5.74) is 1.14. The van der Waals surface area contributed by atoms with Crippen LogP contribution in [0.2, 0.25) is 0 Å². The molecule has 0 amide bonds. The van der Waals surface area contributed by atoms with Crippen LogP contribution in [0.3, 0.4) is 0 Å². The van der Waals surface area contributed by atoms with Gasteiger partial charge in [0.1, 0.15) is 5.75 Å². The SMILES string of the molecule is COCCCCc1cccc(C(F)(F)F)c1.Fc1c(F)c(F)c(OSc2ccc3c(c2)OCCC3)c(F)c1F. The lowest BCUT2D eigenvalue weighted by atomic mass is 10.1. The Kier molecular flexibility index (Phi) is 10.9. The Bertz CT molecular complexity index is 1240. The fraction of sp³-hybridized carbons (Fsp3) is 0.333. The van der Waals surface area contributed by atoms with E-state index in [1.165, 1.54) is 12.1 Å². The minimum Gasteiger partial charge on any atom is -0.493 e. The van der Waals surface area contributed by atoms with Crippen LogP contribution in [0.4, 0.5) is 35.1 Å². The van der Waals surface area contributed by atoms with Crippen LogP contribution in [0.25, 0.3) is 0 Å². The number of aryl methyl sites for hydroxylation is 2. The van der Waals surface area contributed by atoms with Crippen LogP contribution in [-0.2, 0) is 23.8 Å². The van der Waals surface area contributed by atoms with Crippen molar-refractivity contribution in [2.45, 2.75) is 43.2 Å². The summed E-state index contributed by atoms with van der Waals surface area (Å²) in [5.74, 6) is -11.1. The van der Waals surface area contributed by atoms with E-state index in [1.807, 2.05) is 0 Å². The number of unbranched alkanes of at least 4 members (excludes halogenated alkanes) is 1. The third-order valence-corrected chi connectivity index (χ3v) is 6.29. The van der Waals surface area contributed by atoms with Crippen LogP contribution in [-0.4, -0.2) is 20.3 Å². The summed E-state index contributed by atoms with van der Waals surface area (Å²) >= 11 is 0.482. The smallest absolute Gasteiger partial charge is 0.416 e. The number of rotatable bonds is 8. The molecule has 0 aliphatic carbocycles. The number of hydrogen-bond acceptors (Lipinski definition) is 4. The number of methoxy groups -OCH3 is 1. The lowest BCUT2D eigenvalue weighted by molar-refractivity contribution is -0.137. The Hall–Kier alpha value is -2.99. The molecule has 0 unspecified atom stereocenters. The highest BCUT2D eigenvalue weighted by Crippen LogP contribution is 2.35. The van der Waals surface area contributed by atoms with Gasteiger partial charge in [-0.25, -0.2) is 13.2 Å². The zero-order chi connectivity index (χ0) is 28.6. The molecular formula is C27H24F8O3S. The number of alkyl halides is 3. The molecule has 12 heteroatoms. The van der Waals surface area contributed by atoms with Gasteiger partial charge in [-0.15, -0.1) is 0 Å². The minimum atomic E-state index is -4.25. The van der Waals surface area contributed by atoms with Gasteiger partial charge in [-0.2, -0.15) is 22.0 Å². The molecule has 0 N–H and O–H groups in total. The average Bonchev–Trinajstić information content (AvgIpc) is 2.93. The van der Waals surface area contributed by atoms with E-state index in [1.54, 1.807) is 31.4 Å². The highest BCUT2D eigenvalue weighted by molar-refractivity contribution is 7.95. The number of ether oxygens (including phenoxy) is 2. The maximum absolute atomic E-state index is 13.5. The predicted molar refractivity (Wildman–Crippen MR) is 129 cm³/mol. The molecular weight excluding hydrogens is 556 g/mol. The quantitative estimate of drug-likeness (QED) is 0.0879. The summed E-state index contributed by atoms with van der Waals surface area (Å²) in [7, 11) is 1.62. The van der Waals surface area contributed by atoms with Gasteiger partial charge in [0.15, 0.2) is 0 Å². The van der Waals surface area contributed by atoms with Gasteiger partial charge in [0.05, 0.1) is 29.1 Å². The van der Waals surface area contributed by atoms with Crippen molar-refractivity contribution in [2.24, 2.45) is 0 Å². The second-order valence-electron chi connectivity index (χ2n) is 8.44. The van der Waals surface area contributed by atoms with Gasteiger partial charge in [0, 0.05) is 13.7 Å². The van der Waals surface area contributed by atoms with Crippen LogP contribution in [0.1, 0.15) is 36.0 Å². The Morgan fingerprint density at radius 3 is 2.23 bits per heavy atom. The van der Waals surface area contributed by atoms with E-state index >= 15 is 0 Å². The highest BCUT2D eigenvalue weighted by Gasteiger charge is 2.30. The molecule has 0 bridgehead atoms. The molecule has 0 radical (unpaired) electrons. The molecule has 4 rings (SSSR count). The zero-order valence-electron chi connectivity index (χ0n) is 20.6. The van der Waals surface area contributed by atoms with E-state index < -0.39 is 46.6 Å². The molecule has 212 valence electrons. The van der Waals surface area contributed by atoms with E-state index in [0.29, 0.717) is 42.3 Å². The van der Waals surface area contributed by atoms with Crippen molar-refractivity contribution in [1.29, 1.82) is 0 Å². The van der Waals surface area contributed by atoms with Crippen LogP contribution < -0.4 is 8.92 Å². The summed E-state index contributed by atoms with van der Waals surface area (Å²) in [6.45, 7) is 1.21. The normalized spacial score (nSPS) is 12.7. The summed E-state index contributed by atoms with van der Waals surface area (Å²) in [6, 6.07) is 10.5. The van der Waals surface area contributed by atoms with Crippen molar-refractivity contribution in [2.75, 3.05) is 20.3 Å². The van der Waals surface area contributed by atoms with Gasteiger partial charge in [-0.3, -0.25) is 0 Å². The lowest BCUT2D eigenvalue weighted by Gasteiger charge is -2.17. The summed E-state index contributed by atoms with van der Waals surface area (Å²) in [6.07, 6.45) is -0.142. The molecule has 0 spiro atoms. The van der Waals surface area contributed by atoms with Gasteiger partial charge >= 0.3 is 6.18 Å². The van der Waals surface area contributed by atoms with Gasteiger partial charge in [0.2, 0.25) is 34.8 Å². The molecule has 39 heavy (non-hydrogen) atoms. The fourth-order valence-corrected chi connectivity index (χ4v) is 4.20. The van der Waals surface area contributed by atoms with Gasteiger partial charge in [-0.1, -0.05) is 24.3 Å². The number of fused-ring (bicyclic) bond motifs is 1. The second-order valence-corrected chi connectivity index (χ2v) is 9.24. The van der Waals surface area contributed by atoms with Crippen molar-refractivity contribution in [3.8, 4) is 11.5 Å². The molecule has 0 aromatic heterocycles. The molecule has 3 aromatic rings. The summed E-state index contributed by atoms with van der Waals surface area (Å²) in [5, 5.41) is 0. The van der Waals surface area contributed by atoms with Crippen molar-refractivity contribution < 1.29 is 48.8 Å². The van der Waals surface area contributed by atoms with E-state index in [-0.39, 0.29) is 0 Å². The molecule has 0 saturated heterocycles. The topological polar surface area (TPSA) is 27.7 Å². The first-order valence-electron chi connectivity index (χ1n) is 11.8. The number of hydrogen-bond donors (Lipinski definition) is 0. The molecule has 0 fully saturated rings. The first kappa shape index (κ1) is 30.6. The monoisotopic (exact) mass is 580 g/mol. The van der Waals surface area contributed by atoms with Crippen molar-refractivity contribution in [3.63, 3.8) is 0 Å². The fourth-order valence-electron chi connectivity index (χ4n) is 3.60. The number of benzene rings is 3. The van der Waals surface area contributed by atoms with E-state index in [2.05, 4.69) is 0 Å². The van der Waals surface area contributed by atoms with Crippen LogP contribution in [0, 0.1) is 29.1 Å². The molecule has 0 saturated carbocycles. The van der Waals surface area contributed by atoms with Crippen molar-refractivity contribution >= 4 is 12.0 Å². The Morgan fingerprint density at radius 1 is 0.872 bits per heavy atom. The van der Waals surface area contributed by atoms with E-state index in [4.69, 9.17) is 13.7 Å². The van der Waals surface area contributed by atoms with Gasteiger partial charge in [-0.05, 0) is 61.4 Å². The first-order chi connectivity index (χ1) is 18.5. The van der Waals surface area contributed by atoms with Gasteiger partial charge in [0.25, 0.3) is 0 Å². The third kappa shape index (κ3) is 8.25. The standard InChI is InChI=1S/C15H9F5O2S.C12H15F3O/c16-10-11(17)13(19)15(14(20)12(10)18)22-23-8-4-3-7-2-1-5-21-9(7)6-8;1-16-8-3-2-5-10-6-4-7-11(9-10)12(13,14)15/h3-4,6H,1-2,5H2;4,6-7,9H,2-3,5,8H2,1H3. The van der Waals surface area contributed by atoms with Crippen molar-refractivity contribution in [3.05, 3.63) is 88.2 Å². The lowest BCUT2D eigenvalue weighted by Crippen LogP contribution is -2.08. The summed E-state index contributed by atoms with van der Waals surface area (Å²) in [4.78, 5) is 0.412. The molecule has 1 aliphatic heterocycles. The largest absolute Gasteiger partial charge is 0.493 e. The molecule has 1 aliphatic rings. The van der Waals surface area contributed by atoms with E-state index in [9.17, 15) is 35.1 Å². The minimum absolute atomic E-state index is 0.412. The molecule has 0 atom stereocenters.